The molecule has 0 fully saturated rings. The Kier molecular flexibility index (Phi) is 44.8. The van der Waals surface area contributed by atoms with Crippen molar-refractivity contribution in [2.24, 2.45) is 5.73 Å². The largest absolute Gasteiger partial charge is 0.472 e. The molecule has 0 saturated carbocycles. The monoisotopic (exact) mass is 836 g/mol. The summed E-state index contributed by atoms with van der Waals surface area (Å²) in [4.78, 5) is 22.5. The average molecular weight is 836 g/mol. The highest BCUT2D eigenvalue weighted by Crippen LogP contribution is 2.43. The molecule has 338 valence electrons. The Morgan fingerprint density at radius 3 is 1.45 bits per heavy atom. The number of rotatable bonds is 45. The molecule has 0 radical (unpaired) electrons. The summed E-state index contributed by atoms with van der Waals surface area (Å²) >= 11 is 0. The number of carbonyl (C=O) groups is 1. The van der Waals surface area contributed by atoms with Crippen molar-refractivity contribution in [2.45, 2.75) is 213 Å². The molecule has 3 N–H and O–H groups in total. The second-order valence-corrected chi connectivity index (χ2v) is 17.1. The van der Waals surface area contributed by atoms with Crippen molar-refractivity contribution in [3.8, 4) is 0 Å². The number of hydrogen-bond donors (Lipinski definition) is 2. The normalized spacial score (nSPS) is 13.9. The van der Waals surface area contributed by atoms with Gasteiger partial charge >= 0.3 is 13.8 Å². The number of phosphoric ester groups is 1. The van der Waals surface area contributed by atoms with Gasteiger partial charge in [-0.05, 0) is 57.8 Å². The SMILES string of the molecule is CC/C=C\C/C=C\C/C=C\C/C=C\C/C=C\CCCCCCCCOCC(COP(=O)(O)OCCN)OC(=O)CCCCCCCCCCCCCCCCCCC. The Balaban J connectivity index is 4.02. The van der Waals surface area contributed by atoms with Crippen molar-refractivity contribution in [1.82, 2.24) is 0 Å². The third-order valence-electron chi connectivity index (χ3n) is 9.95. The van der Waals surface area contributed by atoms with E-state index in [0.717, 1.165) is 77.0 Å². The molecule has 0 amide bonds. The van der Waals surface area contributed by atoms with E-state index in [1.54, 1.807) is 0 Å². The first-order valence-corrected chi connectivity index (χ1v) is 25.3. The second-order valence-electron chi connectivity index (χ2n) is 15.6. The van der Waals surface area contributed by atoms with Gasteiger partial charge in [-0.1, -0.05) is 203 Å². The van der Waals surface area contributed by atoms with Gasteiger partial charge in [-0.25, -0.2) is 4.57 Å². The zero-order valence-electron chi connectivity index (χ0n) is 37.5. The van der Waals surface area contributed by atoms with Gasteiger partial charge in [-0.2, -0.15) is 0 Å². The molecule has 9 heteroatoms. The zero-order chi connectivity index (χ0) is 42.3. The Morgan fingerprint density at radius 2 is 0.966 bits per heavy atom. The first kappa shape index (κ1) is 56.2. The molecule has 8 nitrogen and oxygen atoms in total. The number of esters is 1. The minimum atomic E-state index is -4.28. The summed E-state index contributed by atoms with van der Waals surface area (Å²) in [6, 6.07) is 0. The second kappa shape index (κ2) is 46.3. The van der Waals surface area contributed by atoms with Gasteiger partial charge in [0.25, 0.3) is 0 Å². The lowest BCUT2D eigenvalue weighted by Gasteiger charge is -2.20. The van der Waals surface area contributed by atoms with Crippen LogP contribution in [0.25, 0.3) is 0 Å². The Labute approximate surface area is 357 Å². The van der Waals surface area contributed by atoms with E-state index in [2.05, 4.69) is 74.6 Å². The first-order valence-electron chi connectivity index (χ1n) is 23.8. The number of nitrogens with two attached hydrogens (primary N) is 1. The van der Waals surface area contributed by atoms with E-state index in [9.17, 15) is 14.3 Å². The minimum absolute atomic E-state index is 0.0963. The topological polar surface area (TPSA) is 117 Å². The lowest BCUT2D eigenvalue weighted by molar-refractivity contribution is -0.154. The van der Waals surface area contributed by atoms with Gasteiger partial charge in [-0.3, -0.25) is 13.8 Å². The van der Waals surface area contributed by atoms with E-state index >= 15 is 0 Å². The van der Waals surface area contributed by atoms with Gasteiger partial charge in [-0.15, -0.1) is 0 Å². The molecule has 0 aliphatic carbocycles. The highest BCUT2D eigenvalue weighted by Gasteiger charge is 2.25. The number of allylic oxidation sites excluding steroid dienone is 10. The van der Waals surface area contributed by atoms with Crippen molar-refractivity contribution in [3.63, 3.8) is 0 Å². The molecule has 2 unspecified atom stereocenters. The summed E-state index contributed by atoms with van der Waals surface area (Å²) in [5.74, 6) is -0.335. The van der Waals surface area contributed by atoms with Gasteiger partial charge in [0.05, 0.1) is 19.8 Å². The molecule has 0 aromatic rings. The average Bonchev–Trinajstić information content (AvgIpc) is 3.21. The first-order chi connectivity index (χ1) is 28.4. The van der Waals surface area contributed by atoms with E-state index in [-0.39, 0.29) is 32.3 Å². The summed E-state index contributed by atoms with van der Waals surface area (Å²) in [5.41, 5.74) is 5.38. The van der Waals surface area contributed by atoms with Gasteiger partial charge in [0.1, 0.15) is 6.10 Å². The molecule has 0 aromatic carbocycles. The van der Waals surface area contributed by atoms with Gasteiger partial charge in [0, 0.05) is 19.6 Å². The number of phosphoric acid groups is 1. The Morgan fingerprint density at radius 1 is 0.534 bits per heavy atom. The van der Waals surface area contributed by atoms with E-state index < -0.39 is 13.9 Å². The van der Waals surface area contributed by atoms with Crippen molar-refractivity contribution in [2.75, 3.05) is 33.0 Å². The molecule has 0 saturated heterocycles. The van der Waals surface area contributed by atoms with Gasteiger partial charge in [0.2, 0.25) is 0 Å². The molecule has 2 atom stereocenters. The zero-order valence-corrected chi connectivity index (χ0v) is 38.4. The number of carbonyl (C=O) groups excluding carboxylic acids is 1. The standard InChI is InChI=1S/C49H90NO7P/c1-3-5-7-9-11-13-15-17-19-21-22-23-24-25-27-29-31-33-35-37-39-41-44-54-46-48(47-56-58(52,53)55-45-43-50)57-49(51)42-40-38-36-34-32-30-28-26-20-18-16-14-12-10-8-6-4-2/h5,7,11,13,17,19,22-23,25,27,48H,3-4,6,8-10,12,14-16,18,20-21,24,26,28-47,50H2,1-2H3,(H,52,53)/b7-5-,13-11-,19-17-,23-22-,27-25-. The van der Waals surface area contributed by atoms with Crippen LogP contribution in [0, 0.1) is 0 Å². The quantitative estimate of drug-likeness (QED) is 0.0269. The minimum Gasteiger partial charge on any atom is -0.457 e. The highest BCUT2D eigenvalue weighted by atomic mass is 31.2. The highest BCUT2D eigenvalue weighted by molar-refractivity contribution is 7.47. The third-order valence-corrected chi connectivity index (χ3v) is 10.9. The molecular formula is C49H90NO7P. The molecular weight excluding hydrogens is 746 g/mol. The fourth-order valence-corrected chi connectivity index (χ4v) is 7.26. The number of hydrogen-bond acceptors (Lipinski definition) is 7. The molecule has 0 aliphatic heterocycles. The van der Waals surface area contributed by atoms with Gasteiger partial charge < -0.3 is 20.1 Å². The molecule has 0 aromatic heterocycles. The fourth-order valence-electron chi connectivity index (χ4n) is 6.49. The lowest BCUT2D eigenvalue weighted by atomic mass is 10.0. The molecule has 0 heterocycles. The summed E-state index contributed by atoms with van der Waals surface area (Å²) in [7, 11) is -4.28. The molecule has 58 heavy (non-hydrogen) atoms. The smallest absolute Gasteiger partial charge is 0.457 e. The number of unbranched alkanes of at least 4 members (excludes halogenated alkanes) is 22. The van der Waals surface area contributed by atoms with Gasteiger partial charge in [0.15, 0.2) is 0 Å². The summed E-state index contributed by atoms with van der Waals surface area (Å²) < 4.78 is 33.5. The Bertz CT molecular complexity index is 1070. The van der Waals surface area contributed by atoms with Crippen molar-refractivity contribution in [3.05, 3.63) is 60.8 Å². The molecule has 0 rings (SSSR count). The van der Waals surface area contributed by atoms with E-state index in [4.69, 9.17) is 24.3 Å². The predicted molar refractivity (Wildman–Crippen MR) is 247 cm³/mol. The van der Waals surface area contributed by atoms with Crippen LogP contribution in [0.15, 0.2) is 60.8 Å². The van der Waals surface area contributed by atoms with Crippen LogP contribution in [-0.2, 0) is 27.9 Å². The predicted octanol–water partition coefficient (Wildman–Crippen LogP) is 14.5. The van der Waals surface area contributed by atoms with E-state index in [1.165, 1.54) is 109 Å². The maximum Gasteiger partial charge on any atom is 0.472 e. The maximum absolute atomic E-state index is 12.6. The van der Waals surface area contributed by atoms with Crippen LogP contribution in [0.4, 0.5) is 0 Å². The van der Waals surface area contributed by atoms with Crippen LogP contribution in [-0.4, -0.2) is 49.9 Å². The van der Waals surface area contributed by atoms with Crippen molar-refractivity contribution in [1.29, 1.82) is 0 Å². The summed E-state index contributed by atoms with van der Waals surface area (Å²) in [6.07, 6.45) is 56.7. The molecule has 0 spiro atoms. The van der Waals surface area contributed by atoms with Crippen molar-refractivity contribution >= 4 is 13.8 Å². The van der Waals surface area contributed by atoms with Crippen LogP contribution in [0.1, 0.15) is 206 Å². The molecule has 0 aliphatic rings. The Hall–Kier alpha value is -1.80. The van der Waals surface area contributed by atoms with Crippen LogP contribution in [0.3, 0.4) is 0 Å². The van der Waals surface area contributed by atoms with Crippen LogP contribution < -0.4 is 5.73 Å². The van der Waals surface area contributed by atoms with Crippen LogP contribution in [0.2, 0.25) is 0 Å². The van der Waals surface area contributed by atoms with Crippen LogP contribution in [0.5, 0.6) is 0 Å². The molecule has 0 bridgehead atoms. The maximum atomic E-state index is 12.6. The van der Waals surface area contributed by atoms with Crippen LogP contribution >= 0.6 is 7.82 Å². The third kappa shape index (κ3) is 45.3. The van der Waals surface area contributed by atoms with E-state index in [0.29, 0.717) is 13.0 Å². The lowest BCUT2D eigenvalue weighted by Crippen LogP contribution is -2.28. The fraction of sp³-hybridized carbons (Fsp3) is 0.776. The number of ether oxygens (including phenoxy) is 2. The van der Waals surface area contributed by atoms with E-state index in [1.807, 2.05) is 0 Å². The summed E-state index contributed by atoms with van der Waals surface area (Å²) in [5, 5.41) is 0. The summed E-state index contributed by atoms with van der Waals surface area (Å²) in [6.45, 7) is 4.79. The van der Waals surface area contributed by atoms with Crippen molar-refractivity contribution < 1.29 is 32.8 Å².